The van der Waals surface area contributed by atoms with E-state index in [0.717, 1.165) is 5.56 Å². The number of hydrogen-bond acceptors (Lipinski definition) is 3. The zero-order valence-electron chi connectivity index (χ0n) is 13.6. The predicted molar refractivity (Wildman–Crippen MR) is 96.5 cm³/mol. The molecule has 0 bridgehead atoms. The van der Waals surface area contributed by atoms with Crippen LogP contribution in [0.25, 0.3) is 0 Å². The minimum Gasteiger partial charge on any atom is -0.364 e. The first-order valence-corrected chi connectivity index (χ1v) is 8.97. The molecular weight excluding hydrogens is 359 g/mol. The Labute approximate surface area is 155 Å². The van der Waals surface area contributed by atoms with Crippen molar-refractivity contribution in [2.24, 2.45) is 5.41 Å². The van der Waals surface area contributed by atoms with Gasteiger partial charge in [-0.15, -0.1) is 0 Å². The van der Waals surface area contributed by atoms with Crippen molar-refractivity contribution in [3.63, 3.8) is 0 Å². The van der Waals surface area contributed by atoms with Crippen molar-refractivity contribution < 1.29 is 14.3 Å². The largest absolute Gasteiger partial charge is 0.364 e. The van der Waals surface area contributed by atoms with Crippen LogP contribution < -0.4 is 0 Å². The molecule has 0 amide bonds. The van der Waals surface area contributed by atoms with E-state index in [-0.39, 0.29) is 11.6 Å². The van der Waals surface area contributed by atoms with E-state index >= 15 is 0 Å². The smallest absolute Gasteiger partial charge is 0.177 e. The SMILES string of the molecule is CCC1(CC2(c3cc(Cl)cc(Cl)c3)CO2)C(=O)c2ccccc2C1=O. The molecule has 1 fully saturated rings. The molecule has 2 aromatic rings. The fourth-order valence-electron chi connectivity index (χ4n) is 3.87. The summed E-state index contributed by atoms with van der Waals surface area (Å²) in [5.74, 6) is -0.225. The maximum absolute atomic E-state index is 13.1. The summed E-state index contributed by atoms with van der Waals surface area (Å²) in [4.78, 5) is 26.2. The highest BCUT2D eigenvalue weighted by Crippen LogP contribution is 2.53. The van der Waals surface area contributed by atoms with Gasteiger partial charge in [0.05, 0.1) is 12.0 Å². The predicted octanol–water partition coefficient (Wildman–Crippen LogP) is 5.08. The second kappa shape index (κ2) is 5.66. The minimum atomic E-state index is -1.09. The van der Waals surface area contributed by atoms with Crippen LogP contribution >= 0.6 is 23.2 Å². The number of rotatable bonds is 4. The molecule has 128 valence electrons. The van der Waals surface area contributed by atoms with Crippen LogP contribution in [0.3, 0.4) is 0 Å². The van der Waals surface area contributed by atoms with Crippen molar-refractivity contribution in [3.8, 4) is 0 Å². The summed E-state index contributed by atoms with van der Waals surface area (Å²) >= 11 is 12.3. The van der Waals surface area contributed by atoms with Crippen LogP contribution in [0.2, 0.25) is 10.0 Å². The van der Waals surface area contributed by atoms with Gasteiger partial charge in [0.15, 0.2) is 11.6 Å². The molecule has 1 heterocycles. The number of carbonyl (C=O) groups is 2. The summed E-state index contributed by atoms with van der Waals surface area (Å²) in [6, 6.07) is 12.3. The van der Waals surface area contributed by atoms with Crippen LogP contribution in [0.4, 0.5) is 0 Å². The molecule has 3 nitrogen and oxygen atoms in total. The van der Waals surface area contributed by atoms with Gasteiger partial charge in [-0.25, -0.2) is 0 Å². The maximum atomic E-state index is 13.1. The highest BCUT2D eigenvalue weighted by atomic mass is 35.5. The lowest BCUT2D eigenvalue weighted by atomic mass is 9.71. The van der Waals surface area contributed by atoms with Crippen molar-refractivity contribution in [1.29, 1.82) is 0 Å². The Hall–Kier alpha value is -1.68. The number of halogens is 2. The van der Waals surface area contributed by atoms with E-state index in [0.29, 0.717) is 40.6 Å². The van der Waals surface area contributed by atoms with Crippen molar-refractivity contribution in [2.45, 2.75) is 25.4 Å². The number of ether oxygens (including phenoxy) is 1. The molecule has 0 radical (unpaired) electrons. The summed E-state index contributed by atoms with van der Waals surface area (Å²) in [7, 11) is 0. The first-order chi connectivity index (χ1) is 11.9. The molecule has 0 N–H and O–H groups in total. The number of carbonyl (C=O) groups excluding carboxylic acids is 2. The Balaban J connectivity index is 1.76. The van der Waals surface area contributed by atoms with E-state index in [1.54, 1.807) is 42.5 Å². The van der Waals surface area contributed by atoms with Crippen LogP contribution in [0.1, 0.15) is 46.0 Å². The number of benzene rings is 2. The Kier molecular flexibility index (Phi) is 3.80. The van der Waals surface area contributed by atoms with Gasteiger partial charge in [0.1, 0.15) is 5.60 Å². The van der Waals surface area contributed by atoms with E-state index in [2.05, 4.69) is 0 Å². The molecule has 1 aliphatic heterocycles. The van der Waals surface area contributed by atoms with Gasteiger partial charge in [0.25, 0.3) is 0 Å². The Morgan fingerprint density at radius 3 is 1.96 bits per heavy atom. The second-order valence-electron chi connectivity index (χ2n) is 6.76. The molecule has 2 aliphatic rings. The summed E-state index contributed by atoms with van der Waals surface area (Å²) in [5, 5.41) is 1.02. The third-order valence-electron chi connectivity index (χ3n) is 5.36. The lowest BCUT2D eigenvalue weighted by Crippen LogP contribution is -2.37. The van der Waals surface area contributed by atoms with Gasteiger partial charge in [-0.3, -0.25) is 9.59 Å². The first-order valence-electron chi connectivity index (χ1n) is 8.21. The highest BCUT2D eigenvalue weighted by molar-refractivity contribution is 6.34. The molecular formula is C20H16Cl2O3. The maximum Gasteiger partial charge on any atom is 0.177 e. The highest BCUT2D eigenvalue weighted by Gasteiger charge is 2.60. The van der Waals surface area contributed by atoms with Gasteiger partial charge in [0.2, 0.25) is 0 Å². The minimum absolute atomic E-state index is 0.112. The van der Waals surface area contributed by atoms with Crippen LogP contribution in [0, 0.1) is 5.41 Å². The quantitative estimate of drug-likeness (QED) is 0.553. The lowest BCUT2D eigenvalue weighted by Gasteiger charge is -2.28. The fraction of sp³-hybridized carbons (Fsp3) is 0.300. The molecule has 1 unspecified atom stereocenters. The van der Waals surface area contributed by atoms with Crippen molar-refractivity contribution in [2.75, 3.05) is 6.61 Å². The van der Waals surface area contributed by atoms with Gasteiger partial charge in [0, 0.05) is 27.6 Å². The fourth-order valence-corrected chi connectivity index (χ4v) is 4.39. The Morgan fingerprint density at radius 1 is 1.00 bits per heavy atom. The topological polar surface area (TPSA) is 46.7 Å². The van der Waals surface area contributed by atoms with Gasteiger partial charge in [-0.1, -0.05) is 54.4 Å². The van der Waals surface area contributed by atoms with Gasteiger partial charge < -0.3 is 4.74 Å². The molecule has 25 heavy (non-hydrogen) atoms. The molecule has 1 saturated heterocycles. The molecule has 0 saturated carbocycles. The van der Waals surface area contributed by atoms with Crippen LogP contribution in [-0.4, -0.2) is 18.2 Å². The van der Waals surface area contributed by atoms with E-state index in [9.17, 15) is 9.59 Å². The van der Waals surface area contributed by atoms with E-state index < -0.39 is 11.0 Å². The van der Waals surface area contributed by atoms with Gasteiger partial charge >= 0.3 is 0 Å². The average molecular weight is 375 g/mol. The number of ketones is 2. The summed E-state index contributed by atoms with van der Waals surface area (Å²) in [5.41, 5.74) is 0.0605. The first kappa shape index (κ1) is 16.8. The van der Waals surface area contributed by atoms with Gasteiger partial charge in [-0.2, -0.15) is 0 Å². The number of fused-ring (bicyclic) bond motifs is 1. The van der Waals surface area contributed by atoms with Crippen molar-refractivity contribution in [1.82, 2.24) is 0 Å². The molecule has 0 spiro atoms. The average Bonchev–Trinajstić information content (AvgIpc) is 3.34. The summed E-state index contributed by atoms with van der Waals surface area (Å²) in [6.07, 6.45) is 0.734. The van der Waals surface area contributed by atoms with Crippen molar-refractivity contribution >= 4 is 34.8 Å². The van der Waals surface area contributed by atoms with Crippen LogP contribution in [-0.2, 0) is 10.3 Å². The zero-order valence-corrected chi connectivity index (χ0v) is 15.2. The molecule has 4 rings (SSSR count). The normalized spacial score (nSPS) is 23.6. The summed E-state index contributed by atoms with van der Waals surface area (Å²) < 4.78 is 5.75. The molecule has 0 aromatic heterocycles. The third kappa shape index (κ3) is 2.45. The Morgan fingerprint density at radius 2 is 1.52 bits per heavy atom. The molecule has 5 heteroatoms. The molecule has 1 aliphatic carbocycles. The zero-order chi connectivity index (χ0) is 17.8. The van der Waals surface area contributed by atoms with Crippen molar-refractivity contribution in [3.05, 3.63) is 69.2 Å². The number of hydrogen-bond donors (Lipinski definition) is 0. The molecule has 1 atom stereocenters. The van der Waals surface area contributed by atoms with Gasteiger partial charge in [-0.05, 0) is 30.2 Å². The lowest BCUT2D eigenvalue weighted by molar-refractivity contribution is 0.0617. The van der Waals surface area contributed by atoms with E-state index in [1.807, 2.05) is 6.92 Å². The summed E-state index contributed by atoms with van der Waals surface area (Å²) in [6.45, 7) is 2.32. The Bertz CT molecular complexity index is 844. The van der Waals surface area contributed by atoms with E-state index in [4.69, 9.17) is 27.9 Å². The van der Waals surface area contributed by atoms with E-state index in [1.165, 1.54) is 0 Å². The van der Waals surface area contributed by atoms with Crippen LogP contribution in [0.15, 0.2) is 42.5 Å². The van der Waals surface area contributed by atoms with Crippen LogP contribution in [0.5, 0.6) is 0 Å². The monoisotopic (exact) mass is 374 g/mol. The third-order valence-corrected chi connectivity index (χ3v) is 5.79. The standard InChI is InChI=1S/C20H16Cl2O3/c1-2-19(17(23)15-5-3-4-6-16(15)18(19)24)10-20(11-25-20)12-7-13(21)9-14(22)8-12/h3-9H,2,10-11H2,1H3. The second-order valence-corrected chi connectivity index (χ2v) is 7.63. The number of epoxide rings is 1. The number of Topliss-reactive ketones (excluding diaryl/α,β-unsaturated/α-hetero) is 2. The molecule has 2 aromatic carbocycles.